The van der Waals surface area contributed by atoms with Crippen LogP contribution in [-0.2, 0) is 18.9 Å². The number of rotatable bonds is 4. The van der Waals surface area contributed by atoms with Crippen LogP contribution in [-0.4, -0.2) is 66.3 Å². The van der Waals surface area contributed by atoms with Gasteiger partial charge in [-0.25, -0.2) is 4.79 Å². The number of nitrogens with zero attached hydrogens (tertiary/aromatic N) is 5. The second kappa shape index (κ2) is 9.10. The standard InChI is InChI=1S/C23H31N5O4/c1-24-20(15-21(29)25(2)23(24)31)28-10-4-5-17(16-28)22(30)27-13-11-26(12-14-27)18-6-8-19(32-3)9-7-18/h6-9,15,17H,4-5,10-14,16H2,1-3H3/t17-/m0/s1. The maximum Gasteiger partial charge on any atom is 0.332 e. The molecule has 0 unspecified atom stereocenters. The van der Waals surface area contributed by atoms with Crippen molar-refractivity contribution in [3.05, 3.63) is 51.2 Å². The monoisotopic (exact) mass is 441 g/mol. The van der Waals surface area contributed by atoms with Gasteiger partial charge in [0.15, 0.2) is 0 Å². The second-order valence-electron chi connectivity index (χ2n) is 8.54. The van der Waals surface area contributed by atoms with Gasteiger partial charge < -0.3 is 19.4 Å². The van der Waals surface area contributed by atoms with E-state index < -0.39 is 0 Å². The minimum atomic E-state index is -0.351. The van der Waals surface area contributed by atoms with Gasteiger partial charge in [-0.2, -0.15) is 0 Å². The van der Waals surface area contributed by atoms with E-state index in [-0.39, 0.29) is 23.1 Å². The summed E-state index contributed by atoms with van der Waals surface area (Å²) in [6.45, 7) is 4.21. The third-order valence-corrected chi connectivity index (χ3v) is 6.62. The van der Waals surface area contributed by atoms with Gasteiger partial charge in [0.25, 0.3) is 5.56 Å². The molecular weight excluding hydrogens is 410 g/mol. The molecule has 2 aliphatic rings. The van der Waals surface area contributed by atoms with E-state index >= 15 is 0 Å². The lowest BCUT2D eigenvalue weighted by Gasteiger charge is -2.40. The van der Waals surface area contributed by atoms with E-state index in [2.05, 4.69) is 4.90 Å². The van der Waals surface area contributed by atoms with Crippen molar-refractivity contribution in [3.63, 3.8) is 0 Å². The van der Waals surface area contributed by atoms with Crippen molar-refractivity contribution < 1.29 is 9.53 Å². The average Bonchev–Trinajstić information content (AvgIpc) is 2.84. The molecule has 0 N–H and O–H groups in total. The van der Waals surface area contributed by atoms with Crippen LogP contribution >= 0.6 is 0 Å². The van der Waals surface area contributed by atoms with E-state index in [0.29, 0.717) is 25.5 Å². The number of methoxy groups -OCH3 is 1. The number of aromatic nitrogens is 2. The summed E-state index contributed by atoms with van der Waals surface area (Å²) in [6, 6.07) is 9.48. The van der Waals surface area contributed by atoms with Crippen molar-refractivity contribution in [1.29, 1.82) is 0 Å². The molecule has 0 saturated carbocycles. The molecule has 3 heterocycles. The number of amides is 1. The molecule has 2 saturated heterocycles. The molecule has 2 aromatic rings. The molecule has 9 heteroatoms. The third-order valence-electron chi connectivity index (χ3n) is 6.62. The molecule has 0 radical (unpaired) electrons. The Balaban J connectivity index is 1.40. The molecule has 1 aromatic carbocycles. The van der Waals surface area contributed by atoms with Gasteiger partial charge in [-0.05, 0) is 37.1 Å². The molecule has 0 spiro atoms. The number of benzene rings is 1. The van der Waals surface area contributed by atoms with Gasteiger partial charge in [0.05, 0.1) is 13.0 Å². The Morgan fingerprint density at radius 3 is 2.28 bits per heavy atom. The topological polar surface area (TPSA) is 80.0 Å². The molecule has 1 amide bonds. The summed E-state index contributed by atoms with van der Waals surface area (Å²) in [5.74, 6) is 1.45. The summed E-state index contributed by atoms with van der Waals surface area (Å²) < 4.78 is 7.81. The lowest BCUT2D eigenvalue weighted by Crippen LogP contribution is -2.53. The fourth-order valence-corrected chi connectivity index (χ4v) is 4.65. The van der Waals surface area contributed by atoms with E-state index in [4.69, 9.17) is 4.74 Å². The Morgan fingerprint density at radius 1 is 0.938 bits per heavy atom. The van der Waals surface area contributed by atoms with E-state index in [1.807, 2.05) is 34.1 Å². The molecule has 2 aliphatic heterocycles. The summed E-state index contributed by atoms with van der Waals surface area (Å²) in [5.41, 5.74) is 0.454. The SMILES string of the molecule is COc1ccc(N2CCN(C(=O)[C@H]3CCCN(c4cc(=O)n(C)c(=O)n4C)C3)CC2)cc1. The summed E-state index contributed by atoms with van der Waals surface area (Å²) in [7, 11) is 4.80. The molecule has 2 fully saturated rings. The number of piperazine rings is 1. The Bertz CT molecular complexity index is 1080. The normalized spacial score (nSPS) is 19.2. The van der Waals surface area contributed by atoms with Crippen LogP contribution in [0.3, 0.4) is 0 Å². The Hall–Kier alpha value is -3.23. The summed E-state index contributed by atoms with van der Waals surface area (Å²) >= 11 is 0. The van der Waals surface area contributed by atoms with Crippen LogP contribution in [0.15, 0.2) is 39.9 Å². The van der Waals surface area contributed by atoms with Gasteiger partial charge >= 0.3 is 5.69 Å². The number of hydrogen-bond acceptors (Lipinski definition) is 6. The lowest BCUT2D eigenvalue weighted by atomic mass is 9.96. The summed E-state index contributed by atoms with van der Waals surface area (Å²) in [4.78, 5) is 44.0. The molecule has 4 rings (SSSR count). The van der Waals surface area contributed by atoms with E-state index in [1.54, 1.807) is 14.2 Å². The van der Waals surface area contributed by atoms with Crippen molar-refractivity contribution in [2.24, 2.45) is 20.0 Å². The van der Waals surface area contributed by atoms with Crippen molar-refractivity contribution in [1.82, 2.24) is 14.0 Å². The van der Waals surface area contributed by atoms with Crippen molar-refractivity contribution >= 4 is 17.4 Å². The zero-order valence-corrected chi connectivity index (χ0v) is 19.0. The van der Waals surface area contributed by atoms with Crippen LogP contribution in [0, 0.1) is 5.92 Å². The predicted octanol–water partition coefficient (Wildman–Crippen LogP) is 0.658. The van der Waals surface area contributed by atoms with Crippen molar-refractivity contribution in [2.75, 3.05) is 56.2 Å². The lowest BCUT2D eigenvalue weighted by molar-refractivity contribution is -0.136. The zero-order chi connectivity index (χ0) is 22.8. The van der Waals surface area contributed by atoms with Gasteiger partial charge in [-0.15, -0.1) is 0 Å². The maximum absolute atomic E-state index is 13.3. The van der Waals surface area contributed by atoms with Gasteiger partial charge in [-0.1, -0.05) is 0 Å². The van der Waals surface area contributed by atoms with Crippen LogP contribution in [0.25, 0.3) is 0 Å². The number of piperidine rings is 1. The third kappa shape index (κ3) is 4.24. The van der Waals surface area contributed by atoms with Crippen LogP contribution in [0.4, 0.5) is 11.5 Å². The van der Waals surface area contributed by atoms with Gasteiger partial charge in [0.1, 0.15) is 11.6 Å². The first-order valence-corrected chi connectivity index (χ1v) is 11.1. The molecule has 32 heavy (non-hydrogen) atoms. The van der Waals surface area contributed by atoms with Gasteiger partial charge in [0.2, 0.25) is 5.91 Å². The molecular formula is C23H31N5O4. The van der Waals surface area contributed by atoms with Crippen LogP contribution in [0.2, 0.25) is 0 Å². The highest BCUT2D eigenvalue weighted by atomic mass is 16.5. The highest BCUT2D eigenvalue weighted by molar-refractivity contribution is 5.80. The average molecular weight is 442 g/mol. The molecule has 1 aromatic heterocycles. The molecule has 0 bridgehead atoms. The van der Waals surface area contributed by atoms with Crippen molar-refractivity contribution in [3.8, 4) is 5.75 Å². The predicted molar refractivity (Wildman–Crippen MR) is 124 cm³/mol. The molecule has 1 atom stereocenters. The first-order valence-electron chi connectivity index (χ1n) is 11.1. The quantitative estimate of drug-likeness (QED) is 0.694. The fraction of sp³-hybridized carbons (Fsp3) is 0.522. The molecule has 172 valence electrons. The van der Waals surface area contributed by atoms with Gasteiger partial charge in [-0.3, -0.25) is 18.7 Å². The number of ether oxygens (including phenoxy) is 1. The minimum Gasteiger partial charge on any atom is -0.497 e. The first-order chi connectivity index (χ1) is 15.4. The van der Waals surface area contributed by atoms with Crippen LogP contribution < -0.4 is 25.8 Å². The molecule has 0 aliphatic carbocycles. The Labute approximate surface area is 187 Å². The fourth-order valence-electron chi connectivity index (χ4n) is 4.65. The number of carbonyl (C=O) groups excluding carboxylic acids is 1. The number of carbonyl (C=O) groups is 1. The Morgan fingerprint density at radius 2 is 1.62 bits per heavy atom. The van der Waals surface area contributed by atoms with E-state index in [1.165, 1.54) is 17.7 Å². The highest BCUT2D eigenvalue weighted by Crippen LogP contribution is 2.25. The first kappa shape index (κ1) is 22.0. The van der Waals surface area contributed by atoms with E-state index in [9.17, 15) is 14.4 Å². The number of hydrogen-bond donors (Lipinski definition) is 0. The summed E-state index contributed by atoms with van der Waals surface area (Å²) in [5, 5.41) is 0. The minimum absolute atomic E-state index is 0.129. The second-order valence-corrected chi connectivity index (χ2v) is 8.54. The van der Waals surface area contributed by atoms with Crippen molar-refractivity contribution in [2.45, 2.75) is 12.8 Å². The van der Waals surface area contributed by atoms with Crippen LogP contribution in [0.1, 0.15) is 12.8 Å². The van der Waals surface area contributed by atoms with E-state index in [0.717, 1.165) is 48.5 Å². The smallest absolute Gasteiger partial charge is 0.332 e. The van der Waals surface area contributed by atoms with Gasteiger partial charge in [0, 0.05) is 65.1 Å². The Kier molecular flexibility index (Phi) is 6.25. The number of anilines is 2. The summed E-state index contributed by atoms with van der Waals surface area (Å²) in [6.07, 6.45) is 1.68. The highest BCUT2D eigenvalue weighted by Gasteiger charge is 2.32. The largest absolute Gasteiger partial charge is 0.497 e. The maximum atomic E-state index is 13.3. The zero-order valence-electron chi connectivity index (χ0n) is 19.0. The molecule has 9 nitrogen and oxygen atoms in total. The van der Waals surface area contributed by atoms with Crippen LogP contribution in [0.5, 0.6) is 5.75 Å².